The van der Waals surface area contributed by atoms with Gasteiger partial charge in [-0.15, -0.1) is 0 Å². The van der Waals surface area contributed by atoms with Crippen molar-refractivity contribution in [1.29, 1.82) is 0 Å². The largest absolute Gasteiger partial charge is 0.394 e. The molecule has 54 heavy (non-hydrogen) atoms. The minimum Gasteiger partial charge on any atom is -0.394 e. The predicted molar refractivity (Wildman–Crippen MR) is 204 cm³/mol. The van der Waals surface area contributed by atoms with E-state index in [1.54, 1.807) is 4.90 Å². The molecule has 15 heteroatoms. The second-order valence-electron chi connectivity index (χ2n) is 14.6. The number of benzene rings is 2. The van der Waals surface area contributed by atoms with Crippen LogP contribution in [-0.2, 0) is 29.2 Å². The SMILES string of the molecule is CC[C@@H](CO)Nc1cc(NCc2ccc(NC(=O)N3CCN(Cc4ccc5c(c4)CN(C4CCC(=O)NC4=O)C5=O)CC3)cc2)n2ncc(C(C)C)c2n1. The van der Waals surface area contributed by atoms with E-state index in [0.717, 1.165) is 40.1 Å². The lowest BCUT2D eigenvalue weighted by atomic mass is 10.0. The van der Waals surface area contributed by atoms with Gasteiger partial charge in [-0.2, -0.15) is 9.61 Å². The van der Waals surface area contributed by atoms with E-state index in [1.807, 2.05) is 71.1 Å². The van der Waals surface area contributed by atoms with Crippen molar-refractivity contribution >= 4 is 46.7 Å². The van der Waals surface area contributed by atoms with E-state index in [1.165, 1.54) is 0 Å². The zero-order chi connectivity index (χ0) is 37.9. The number of urea groups is 1. The molecule has 5 heterocycles. The summed E-state index contributed by atoms with van der Waals surface area (Å²) in [4.78, 5) is 60.7. The number of fused-ring (bicyclic) bond motifs is 2. The molecule has 4 aromatic rings. The fourth-order valence-corrected chi connectivity index (χ4v) is 7.27. The lowest BCUT2D eigenvalue weighted by Crippen LogP contribution is -2.52. The highest BCUT2D eigenvalue weighted by molar-refractivity contribution is 6.05. The number of carbonyl (C=O) groups is 4. The number of amides is 5. The van der Waals surface area contributed by atoms with Crippen molar-refractivity contribution in [2.45, 2.75) is 77.7 Å². The summed E-state index contributed by atoms with van der Waals surface area (Å²) in [5.74, 6) is 0.815. The number of aliphatic hydroxyl groups excluding tert-OH is 1. The maximum absolute atomic E-state index is 13.2. The molecule has 0 aliphatic carbocycles. The molecular weight excluding hydrogens is 688 g/mol. The van der Waals surface area contributed by atoms with Crippen LogP contribution in [0.25, 0.3) is 5.65 Å². The van der Waals surface area contributed by atoms with Gasteiger partial charge in [0.2, 0.25) is 11.8 Å². The van der Waals surface area contributed by atoms with E-state index >= 15 is 0 Å². The number of imide groups is 1. The summed E-state index contributed by atoms with van der Waals surface area (Å²) in [5.41, 5.74) is 6.11. The van der Waals surface area contributed by atoms with Crippen LogP contribution in [-0.4, -0.2) is 103 Å². The van der Waals surface area contributed by atoms with Crippen LogP contribution in [0.1, 0.15) is 78.6 Å². The standard InChI is InChI=1S/C39H48N10O5/c1-4-28(23-50)42-33-18-34(49-36(44-33)31(20-41-49)24(2)3)40-19-25-5-8-29(9-6-25)43-39(54)47-15-13-46(14-16-47)21-26-7-10-30-27(17-26)22-48(38(30)53)32-11-12-35(51)45-37(32)52/h5-10,17-18,20,24,28,32,40,50H,4,11-16,19,21-23H2,1-3H3,(H,42,44)(H,43,54)(H,45,51,52)/t28-,32?/m0/s1. The van der Waals surface area contributed by atoms with E-state index < -0.39 is 11.9 Å². The average Bonchev–Trinajstić information content (AvgIpc) is 3.74. The van der Waals surface area contributed by atoms with Crippen molar-refractivity contribution in [2.75, 3.05) is 48.7 Å². The van der Waals surface area contributed by atoms with Crippen LogP contribution in [0.15, 0.2) is 54.7 Å². The van der Waals surface area contributed by atoms with Gasteiger partial charge in [-0.1, -0.05) is 45.0 Å². The highest BCUT2D eigenvalue weighted by Crippen LogP contribution is 2.29. The molecule has 3 aliphatic rings. The van der Waals surface area contributed by atoms with Gasteiger partial charge in [0.25, 0.3) is 5.91 Å². The van der Waals surface area contributed by atoms with Gasteiger partial charge in [-0.05, 0) is 53.6 Å². The van der Waals surface area contributed by atoms with E-state index in [2.05, 4.69) is 45.1 Å². The minimum atomic E-state index is -0.630. The molecule has 5 amide bonds. The first kappa shape index (κ1) is 36.8. The third kappa shape index (κ3) is 7.87. The third-order valence-corrected chi connectivity index (χ3v) is 10.5. The molecule has 284 valence electrons. The molecule has 0 bridgehead atoms. The molecule has 0 radical (unpaired) electrons. The lowest BCUT2D eigenvalue weighted by Gasteiger charge is -2.34. The number of hydrogen-bond donors (Lipinski definition) is 5. The zero-order valence-corrected chi connectivity index (χ0v) is 31.0. The predicted octanol–water partition coefficient (Wildman–Crippen LogP) is 3.76. The summed E-state index contributed by atoms with van der Waals surface area (Å²) in [7, 11) is 0. The Kier molecular flexibility index (Phi) is 10.8. The molecule has 2 atom stereocenters. The van der Waals surface area contributed by atoms with Gasteiger partial charge < -0.3 is 30.9 Å². The van der Waals surface area contributed by atoms with Crippen LogP contribution in [0.2, 0.25) is 0 Å². The summed E-state index contributed by atoms with van der Waals surface area (Å²) in [6.07, 6.45) is 3.18. The Hall–Kier alpha value is -5.54. The van der Waals surface area contributed by atoms with Crippen LogP contribution in [0.3, 0.4) is 0 Å². The fraction of sp³-hybridized carbons (Fsp3) is 0.436. The lowest BCUT2D eigenvalue weighted by molar-refractivity contribution is -0.136. The van der Waals surface area contributed by atoms with Gasteiger partial charge in [0.15, 0.2) is 5.65 Å². The summed E-state index contributed by atoms with van der Waals surface area (Å²) >= 11 is 0. The summed E-state index contributed by atoms with van der Waals surface area (Å²) in [5, 5.41) is 26.5. The van der Waals surface area contributed by atoms with Gasteiger partial charge in [0, 0.05) is 75.1 Å². The molecule has 0 saturated carbocycles. The van der Waals surface area contributed by atoms with Gasteiger partial charge in [0.1, 0.15) is 17.7 Å². The summed E-state index contributed by atoms with van der Waals surface area (Å²) in [6.45, 7) is 10.4. The average molecular weight is 737 g/mol. The molecule has 2 aromatic carbocycles. The normalized spacial score (nSPS) is 18.2. The Morgan fingerprint density at radius 3 is 2.48 bits per heavy atom. The highest BCUT2D eigenvalue weighted by atomic mass is 16.3. The number of aliphatic hydroxyl groups is 1. The topological polar surface area (TPSA) is 177 Å². The van der Waals surface area contributed by atoms with Gasteiger partial charge in [-0.25, -0.2) is 9.78 Å². The number of hydrogen-bond acceptors (Lipinski definition) is 10. The van der Waals surface area contributed by atoms with E-state index in [0.29, 0.717) is 69.3 Å². The maximum atomic E-state index is 13.2. The van der Waals surface area contributed by atoms with Gasteiger partial charge >= 0.3 is 6.03 Å². The third-order valence-electron chi connectivity index (χ3n) is 10.5. The quantitative estimate of drug-likeness (QED) is 0.135. The molecule has 15 nitrogen and oxygen atoms in total. The minimum absolute atomic E-state index is 0.0132. The monoisotopic (exact) mass is 736 g/mol. The van der Waals surface area contributed by atoms with Crippen molar-refractivity contribution in [3.05, 3.63) is 82.5 Å². The Morgan fingerprint density at radius 2 is 1.78 bits per heavy atom. The number of nitrogens with zero attached hydrogens (tertiary/aromatic N) is 6. The number of aromatic nitrogens is 3. The molecule has 2 saturated heterocycles. The number of piperazine rings is 1. The molecule has 3 aliphatic heterocycles. The molecule has 1 unspecified atom stereocenters. The Bertz CT molecular complexity index is 2040. The molecule has 7 rings (SSSR count). The zero-order valence-electron chi connectivity index (χ0n) is 31.0. The Morgan fingerprint density at radius 1 is 1.02 bits per heavy atom. The van der Waals surface area contributed by atoms with Gasteiger partial charge in [0.05, 0.1) is 18.8 Å². The Labute approximate surface area is 314 Å². The smallest absolute Gasteiger partial charge is 0.321 e. The van der Waals surface area contributed by atoms with Gasteiger partial charge in [-0.3, -0.25) is 24.6 Å². The molecule has 5 N–H and O–H groups in total. The van der Waals surface area contributed by atoms with Crippen molar-refractivity contribution in [3.63, 3.8) is 0 Å². The highest BCUT2D eigenvalue weighted by Gasteiger charge is 2.39. The number of piperidine rings is 1. The van der Waals surface area contributed by atoms with E-state index in [4.69, 9.17) is 4.98 Å². The number of anilines is 3. The Balaban J connectivity index is 0.899. The van der Waals surface area contributed by atoms with Crippen molar-refractivity contribution < 1.29 is 24.3 Å². The second kappa shape index (κ2) is 15.8. The van der Waals surface area contributed by atoms with E-state index in [-0.39, 0.29) is 42.8 Å². The van der Waals surface area contributed by atoms with Crippen LogP contribution in [0, 0.1) is 0 Å². The van der Waals surface area contributed by atoms with Crippen LogP contribution in [0.4, 0.5) is 22.1 Å². The molecular formula is C39H48N10O5. The van der Waals surface area contributed by atoms with Crippen molar-refractivity contribution in [3.8, 4) is 0 Å². The maximum Gasteiger partial charge on any atom is 0.321 e. The first-order valence-electron chi connectivity index (χ1n) is 18.7. The van der Waals surface area contributed by atoms with Crippen LogP contribution < -0.4 is 21.3 Å². The van der Waals surface area contributed by atoms with Crippen LogP contribution >= 0.6 is 0 Å². The number of nitrogens with one attached hydrogen (secondary N) is 4. The molecule has 2 aromatic heterocycles. The molecule has 2 fully saturated rings. The summed E-state index contributed by atoms with van der Waals surface area (Å²) in [6, 6.07) is 14.6. The van der Waals surface area contributed by atoms with Crippen molar-refractivity contribution in [2.24, 2.45) is 0 Å². The first-order valence-corrected chi connectivity index (χ1v) is 18.7. The first-order chi connectivity index (χ1) is 26.1. The van der Waals surface area contributed by atoms with Crippen LogP contribution in [0.5, 0.6) is 0 Å². The second-order valence-corrected chi connectivity index (χ2v) is 14.6. The number of rotatable bonds is 12. The fourth-order valence-electron chi connectivity index (χ4n) is 7.27. The molecule has 0 spiro atoms. The van der Waals surface area contributed by atoms with Crippen molar-refractivity contribution in [1.82, 2.24) is 34.6 Å². The van der Waals surface area contributed by atoms with E-state index in [9.17, 15) is 24.3 Å². The number of carbonyl (C=O) groups excluding carboxylic acids is 4. The summed E-state index contributed by atoms with van der Waals surface area (Å²) < 4.78 is 1.81.